The van der Waals surface area contributed by atoms with E-state index in [1.165, 1.54) is 0 Å². The van der Waals surface area contributed by atoms with Gasteiger partial charge in [0.2, 0.25) is 0 Å². The number of hydrogen-bond donors (Lipinski definition) is 1. The monoisotopic (exact) mass is 371 g/mol. The first-order valence-corrected chi connectivity index (χ1v) is 9.09. The van der Waals surface area contributed by atoms with Gasteiger partial charge in [0.15, 0.2) is 5.69 Å². The first-order valence-electron chi connectivity index (χ1n) is 9.09. The number of aromatic nitrogens is 4. The van der Waals surface area contributed by atoms with Gasteiger partial charge in [-0.05, 0) is 57.2 Å². The van der Waals surface area contributed by atoms with Crippen molar-refractivity contribution in [3.05, 3.63) is 89.5 Å². The molecule has 140 valence electrons. The predicted molar refractivity (Wildman–Crippen MR) is 109 cm³/mol. The Morgan fingerprint density at radius 1 is 0.821 bits per heavy atom. The highest BCUT2D eigenvalue weighted by atomic mass is 16.2. The lowest BCUT2D eigenvalue weighted by atomic mass is 10.2. The number of para-hydroxylation sites is 3. The van der Waals surface area contributed by atoms with Gasteiger partial charge in [-0.15, -0.1) is 0 Å². The van der Waals surface area contributed by atoms with E-state index in [9.17, 15) is 4.79 Å². The Bertz CT molecular complexity index is 1140. The molecule has 0 saturated carbocycles. The van der Waals surface area contributed by atoms with E-state index in [0.29, 0.717) is 11.4 Å². The van der Waals surface area contributed by atoms with Crippen LogP contribution in [0, 0.1) is 20.8 Å². The summed E-state index contributed by atoms with van der Waals surface area (Å²) in [6, 6.07) is 21.2. The average Bonchev–Trinajstić information content (AvgIpc) is 3.24. The molecule has 0 aliphatic heterocycles. The van der Waals surface area contributed by atoms with Gasteiger partial charge in [0, 0.05) is 11.4 Å². The van der Waals surface area contributed by atoms with E-state index in [2.05, 4.69) is 15.5 Å². The highest BCUT2D eigenvalue weighted by molar-refractivity contribution is 6.04. The number of aryl methyl sites for hydroxylation is 3. The Hall–Kier alpha value is -3.67. The Morgan fingerprint density at radius 3 is 2.21 bits per heavy atom. The average molecular weight is 371 g/mol. The second-order valence-corrected chi connectivity index (χ2v) is 6.73. The summed E-state index contributed by atoms with van der Waals surface area (Å²) < 4.78 is 3.60. The van der Waals surface area contributed by atoms with Crippen molar-refractivity contribution in [2.75, 3.05) is 5.32 Å². The first-order chi connectivity index (χ1) is 13.5. The lowest BCUT2D eigenvalue weighted by molar-refractivity contribution is 0.102. The number of hydrogen-bond acceptors (Lipinski definition) is 3. The molecule has 0 aliphatic carbocycles. The van der Waals surface area contributed by atoms with Gasteiger partial charge in [-0.3, -0.25) is 4.79 Å². The van der Waals surface area contributed by atoms with Crippen molar-refractivity contribution in [2.45, 2.75) is 20.8 Å². The zero-order valence-corrected chi connectivity index (χ0v) is 16.0. The van der Waals surface area contributed by atoms with Gasteiger partial charge in [0.05, 0.1) is 22.8 Å². The number of carbonyl (C=O) groups is 1. The summed E-state index contributed by atoms with van der Waals surface area (Å²) in [5.74, 6) is -0.258. The van der Waals surface area contributed by atoms with Crippen LogP contribution in [0.1, 0.15) is 27.6 Å². The molecule has 0 fully saturated rings. The fourth-order valence-electron chi connectivity index (χ4n) is 3.24. The van der Waals surface area contributed by atoms with Crippen molar-refractivity contribution in [1.29, 1.82) is 0 Å². The summed E-state index contributed by atoms with van der Waals surface area (Å²) >= 11 is 0. The smallest absolute Gasteiger partial charge is 0.276 e. The molecule has 4 rings (SSSR count). The normalized spacial score (nSPS) is 10.8. The third kappa shape index (κ3) is 3.32. The second kappa shape index (κ2) is 7.15. The molecule has 28 heavy (non-hydrogen) atoms. The third-order valence-corrected chi connectivity index (χ3v) is 4.51. The highest BCUT2D eigenvalue weighted by Gasteiger charge is 2.16. The molecule has 0 bridgehead atoms. The van der Waals surface area contributed by atoms with Gasteiger partial charge in [-0.1, -0.05) is 30.3 Å². The zero-order chi connectivity index (χ0) is 19.7. The second-order valence-electron chi connectivity index (χ2n) is 6.73. The molecular formula is C22H21N5O. The lowest BCUT2D eigenvalue weighted by Gasteiger charge is -2.11. The predicted octanol–water partition coefficient (Wildman–Crippen LogP) is 4.24. The quantitative estimate of drug-likeness (QED) is 0.584. The topological polar surface area (TPSA) is 64.7 Å². The molecule has 2 aromatic carbocycles. The van der Waals surface area contributed by atoms with Crippen molar-refractivity contribution >= 4 is 11.6 Å². The molecule has 0 saturated heterocycles. The van der Waals surface area contributed by atoms with Crippen LogP contribution in [0.3, 0.4) is 0 Å². The van der Waals surface area contributed by atoms with Crippen molar-refractivity contribution in [2.24, 2.45) is 0 Å². The van der Waals surface area contributed by atoms with Crippen molar-refractivity contribution in [3.8, 4) is 11.4 Å². The summed E-state index contributed by atoms with van der Waals surface area (Å²) in [6.45, 7) is 5.87. The number of nitrogens with one attached hydrogen (secondary N) is 1. The van der Waals surface area contributed by atoms with Crippen LogP contribution in [0.15, 0.2) is 66.7 Å². The highest BCUT2D eigenvalue weighted by Crippen LogP contribution is 2.22. The van der Waals surface area contributed by atoms with E-state index in [-0.39, 0.29) is 5.91 Å². The number of benzene rings is 2. The van der Waals surface area contributed by atoms with Crippen LogP contribution >= 0.6 is 0 Å². The van der Waals surface area contributed by atoms with Gasteiger partial charge in [-0.25, -0.2) is 9.36 Å². The minimum absolute atomic E-state index is 0.258. The minimum atomic E-state index is -0.258. The van der Waals surface area contributed by atoms with E-state index in [0.717, 1.165) is 28.5 Å². The molecule has 0 radical (unpaired) electrons. The van der Waals surface area contributed by atoms with Crippen LogP contribution in [-0.2, 0) is 0 Å². The van der Waals surface area contributed by atoms with Crippen LogP contribution in [0.5, 0.6) is 0 Å². The number of rotatable bonds is 4. The fourth-order valence-corrected chi connectivity index (χ4v) is 3.24. The van der Waals surface area contributed by atoms with Gasteiger partial charge in [0.1, 0.15) is 0 Å². The molecule has 0 unspecified atom stereocenters. The fraction of sp³-hybridized carbons (Fsp3) is 0.136. The molecule has 1 N–H and O–H groups in total. The SMILES string of the molecule is Cc1cc(C)n(-c2ccccc2NC(=O)c2cc(C)n(-c3ccccc3)n2)n1. The Morgan fingerprint density at radius 2 is 1.50 bits per heavy atom. The maximum atomic E-state index is 12.9. The first kappa shape index (κ1) is 17.7. The van der Waals surface area contributed by atoms with E-state index >= 15 is 0 Å². The van der Waals surface area contributed by atoms with Crippen LogP contribution in [-0.4, -0.2) is 25.5 Å². The Balaban J connectivity index is 1.65. The van der Waals surface area contributed by atoms with Crippen molar-refractivity contribution in [1.82, 2.24) is 19.6 Å². The van der Waals surface area contributed by atoms with E-state index in [4.69, 9.17) is 0 Å². The van der Waals surface area contributed by atoms with E-state index in [1.54, 1.807) is 10.7 Å². The van der Waals surface area contributed by atoms with Crippen LogP contribution < -0.4 is 5.32 Å². The minimum Gasteiger partial charge on any atom is -0.319 e. The van der Waals surface area contributed by atoms with Gasteiger partial charge in [0.25, 0.3) is 5.91 Å². The summed E-state index contributed by atoms with van der Waals surface area (Å²) in [5, 5.41) is 12.0. The molecule has 2 heterocycles. The standard InChI is InChI=1S/C22H21N5O/c1-15-13-16(2)27(24-15)21-12-8-7-11-19(21)23-22(28)20-14-17(3)26(25-20)18-9-5-4-6-10-18/h4-14H,1-3H3,(H,23,28). The number of anilines is 1. The van der Waals surface area contributed by atoms with Gasteiger partial charge < -0.3 is 5.32 Å². The Labute approximate surface area is 163 Å². The Kier molecular flexibility index (Phi) is 4.53. The van der Waals surface area contributed by atoms with Crippen LogP contribution in [0.4, 0.5) is 5.69 Å². The van der Waals surface area contributed by atoms with Crippen LogP contribution in [0.25, 0.3) is 11.4 Å². The number of carbonyl (C=O) groups excluding carboxylic acids is 1. The molecule has 0 atom stereocenters. The van der Waals surface area contributed by atoms with E-state index in [1.807, 2.05) is 86.1 Å². The summed E-state index contributed by atoms with van der Waals surface area (Å²) in [5.41, 5.74) is 5.61. The van der Waals surface area contributed by atoms with Crippen molar-refractivity contribution in [3.63, 3.8) is 0 Å². The molecule has 1 amide bonds. The third-order valence-electron chi connectivity index (χ3n) is 4.51. The molecule has 6 nitrogen and oxygen atoms in total. The maximum Gasteiger partial charge on any atom is 0.276 e. The largest absolute Gasteiger partial charge is 0.319 e. The molecule has 2 aromatic heterocycles. The van der Waals surface area contributed by atoms with Crippen LogP contribution in [0.2, 0.25) is 0 Å². The molecule has 4 aromatic rings. The lowest BCUT2D eigenvalue weighted by Crippen LogP contribution is -2.15. The molecule has 0 aliphatic rings. The number of nitrogens with zero attached hydrogens (tertiary/aromatic N) is 4. The zero-order valence-electron chi connectivity index (χ0n) is 16.0. The molecular weight excluding hydrogens is 350 g/mol. The summed E-state index contributed by atoms with van der Waals surface area (Å²) in [6.07, 6.45) is 0. The number of amides is 1. The van der Waals surface area contributed by atoms with Gasteiger partial charge >= 0.3 is 0 Å². The van der Waals surface area contributed by atoms with Crippen molar-refractivity contribution < 1.29 is 4.79 Å². The van der Waals surface area contributed by atoms with E-state index < -0.39 is 0 Å². The molecule has 6 heteroatoms. The molecule has 0 spiro atoms. The maximum absolute atomic E-state index is 12.9. The summed E-state index contributed by atoms with van der Waals surface area (Å²) in [4.78, 5) is 12.9. The summed E-state index contributed by atoms with van der Waals surface area (Å²) in [7, 11) is 0. The van der Waals surface area contributed by atoms with Gasteiger partial charge in [-0.2, -0.15) is 10.2 Å².